The molecule has 0 aliphatic carbocycles. The Morgan fingerprint density at radius 2 is 2.00 bits per heavy atom. The molecule has 0 spiro atoms. The second kappa shape index (κ2) is 8.74. The van der Waals surface area contributed by atoms with Crippen LogP contribution >= 0.6 is 0 Å². The maximum Gasteiger partial charge on any atom is 0.433 e. The van der Waals surface area contributed by atoms with Crippen LogP contribution in [-0.4, -0.2) is 41.2 Å². The van der Waals surface area contributed by atoms with Crippen LogP contribution < -0.4 is 5.32 Å². The van der Waals surface area contributed by atoms with Gasteiger partial charge in [-0.15, -0.1) is 0 Å². The number of carbonyl (C=O) groups is 1. The molecule has 188 valence electrons. The summed E-state index contributed by atoms with van der Waals surface area (Å²) in [5.41, 5.74) is 1.35. The fourth-order valence-electron chi connectivity index (χ4n) is 4.35. The number of halogens is 3. The summed E-state index contributed by atoms with van der Waals surface area (Å²) < 4.78 is 43.0. The Morgan fingerprint density at radius 3 is 2.75 bits per heavy atom. The van der Waals surface area contributed by atoms with Gasteiger partial charge in [-0.2, -0.15) is 23.4 Å². The molecule has 4 heterocycles. The molecule has 1 amide bonds. The predicted octanol–water partition coefficient (Wildman–Crippen LogP) is 4.67. The van der Waals surface area contributed by atoms with Crippen molar-refractivity contribution in [1.82, 2.24) is 24.5 Å². The summed E-state index contributed by atoms with van der Waals surface area (Å²) in [4.78, 5) is 16.5. The van der Waals surface area contributed by atoms with Crippen molar-refractivity contribution in [2.45, 2.75) is 58.0 Å². The van der Waals surface area contributed by atoms with Crippen molar-refractivity contribution < 1.29 is 23.1 Å². The lowest BCUT2D eigenvalue weighted by Crippen LogP contribution is -2.21. The minimum atomic E-state index is -4.66. The summed E-state index contributed by atoms with van der Waals surface area (Å²) in [6.07, 6.45) is 1.17. The van der Waals surface area contributed by atoms with E-state index in [-0.39, 0.29) is 5.69 Å². The summed E-state index contributed by atoms with van der Waals surface area (Å²) in [5.74, 6) is -0.750. The minimum absolute atomic E-state index is 0.336. The molecule has 36 heavy (non-hydrogen) atoms. The fourth-order valence-corrected chi connectivity index (χ4v) is 4.35. The number of benzene rings is 1. The number of nitrogens with zero attached hydrogens (tertiary/aromatic N) is 5. The van der Waals surface area contributed by atoms with Crippen LogP contribution in [0.15, 0.2) is 42.7 Å². The molecule has 0 radical (unpaired) electrons. The summed E-state index contributed by atoms with van der Waals surface area (Å²) in [6, 6.07) is 6.83. The zero-order valence-corrected chi connectivity index (χ0v) is 19.8. The number of hydrogen-bond acceptors (Lipinski definition) is 5. The SMILES string of the molecule is CC(C)(O)CCn1cc2cc(NC(=O)c3cccc(C(F)(F)F)n3)c(-c3cnn4c3CCC4)cc2n1. The van der Waals surface area contributed by atoms with E-state index in [4.69, 9.17) is 0 Å². The number of anilines is 1. The normalized spacial score (nSPS) is 13.8. The lowest BCUT2D eigenvalue weighted by Gasteiger charge is -2.16. The van der Waals surface area contributed by atoms with Gasteiger partial charge in [-0.25, -0.2) is 4.98 Å². The molecular formula is C25H25F3N6O2. The lowest BCUT2D eigenvalue weighted by atomic mass is 10.0. The van der Waals surface area contributed by atoms with Gasteiger partial charge >= 0.3 is 6.18 Å². The first-order valence-corrected chi connectivity index (χ1v) is 11.6. The van der Waals surface area contributed by atoms with Crippen LogP contribution in [0.3, 0.4) is 0 Å². The Bertz CT molecular complexity index is 1450. The quantitative estimate of drug-likeness (QED) is 0.403. The molecule has 2 N–H and O–H groups in total. The number of fused-ring (bicyclic) bond motifs is 2. The summed E-state index contributed by atoms with van der Waals surface area (Å²) >= 11 is 0. The highest BCUT2D eigenvalue weighted by atomic mass is 19.4. The van der Waals surface area contributed by atoms with Gasteiger partial charge in [-0.1, -0.05) is 6.07 Å². The molecule has 1 aromatic carbocycles. The molecule has 1 aliphatic heterocycles. The number of rotatable bonds is 6. The van der Waals surface area contributed by atoms with E-state index in [0.717, 1.165) is 48.2 Å². The number of nitrogens with one attached hydrogen (secondary N) is 1. The van der Waals surface area contributed by atoms with Gasteiger partial charge in [0.05, 0.1) is 17.3 Å². The van der Waals surface area contributed by atoms with Crippen LogP contribution in [0.1, 0.15) is 48.6 Å². The minimum Gasteiger partial charge on any atom is -0.390 e. The number of aryl methyl sites for hydroxylation is 2. The summed E-state index contributed by atoms with van der Waals surface area (Å²) in [7, 11) is 0. The Morgan fingerprint density at radius 1 is 1.19 bits per heavy atom. The van der Waals surface area contributed by atoms with E-state index in [1.54, 1.807) is 30.8 Å². The number of alkyl halides is 3. The maximum absolute atomic E-state index is 13.1. The van der Waals surface area contributed by atoms with Crippen LogP contribution in [0, 0.1) is 0 Å². The van der Waals surface area contributed by atoms with Crippen LogP contribution in [0.2, 0.25) is 0 Å². The lowest BCUT2D eigenvalue weighted by molar-refractivity contribution is -0.141. The highest BCUT2D eigenvalue weighted by Gasteiger charge is 2.33. The van der Waals surface area contributed by atoms with Crippen molar-refractivity contribution >= 4 is 22.5 Å². The average molecular weight is 499 g/mol. The van der Waals surface area contributed by atoms with Crippen LogP contribution in [0.4, 0.5) is 18.9 Å². The molecule has 1 aliphatic rings. The molecule has 0 saturated carbocycles. The van der Waals surface area contributed by atoms with Gasteiger partial charge in [0.1, 0.15) is 11.4 Å². The van der Waals surface area contributed by atoms with Gasteiger partial charge in [-0.05, 0) is 57.4 Å². The van der Waals surface area contributed by atoms with Crippen molar-refractivity contribution in [3.05, 3.63) is 59.8 Å². The van der Waals surface area contributed by atoms with Crippen molar-refractivity contribution in [1.29, 1.82) is 0 Å². The fraction of sp³-hybridized carbons (Fsp3) is 0.360. The van der Waals surface area contributed by atoms with Gasteiger partial charge in [0.2, 0.25) is 0 Å². The van der Waals surface area contributed by atoms with Gasteiger partial charge in [-0.3, -0.25) is 14.2 Å². The molecular weight excluding hydrogens is 473 g/mol. The molecule has 4 aromatic rings. The first-order chi connectivity index (χ1) is 17.0. The van der Waals surface area contributed by atoms with Crippen LogP contribution in [-0.2, 0) is 25.7 Å². The molecule has 0 atom stereocenters. The van der Waals surface area contributed by atoms with Crippen LogP contribution in [0.25, 0.3) is 22.0 Å². The Balaban J connectivity index is 1.55. The van der Waals surface area contributed by atoms with Crippen LogP contribution in [0.5, 0.6) is 0 Å². The zero-order valence-electron chi connectivity index (χ0n) is 19.8. The third-order valence-corrected chi connectivity index (χ3v) is 6.19. The van der Waals surface area contributed by atoms with Gasteiger partial charge in [0, 0.05) is 47.2 Å². The number of carbonyl (C=O) groups excluding carboxylic acids is 1. The first-order valence-electron chi connectivity index (χ1n) is 11.6. The molecule has 5 rings (SSSR count). The standard InChI is InChI=1S/C25H25F3N6O2/c1-24(2,36)8-10-33-14-15-11-20(31-23(35)18-5-3-7-22(30-18)25(26,27)28)16(12-19(15)32-33)17-13-29-34-9-4-6-21(17)34/h3,5,7,11-14,36H,4,6,8-10H2,1-2H3,(H,31,35). The Hall–Kier alpha value is -3.73. The molecule has 3 aromatic heterocycles. The van der Waals surface area contributed by atoms with E-state index < -0.39 is 23.4 Å². The van der Waals surface area contributed by atoms with Crippen molar-refractivity contribution in [3.63, 3.8) is 0 Å². The number of pyridine rings is 1. The summed E-state index contributed by atoms with van der Waals surface area (Å²) in [5, 5.41) is 22.6. The van der Waals surface area contributed by atoms with Gasteiger partial charge in [0.25, 0.3) is 5.91 Å². The van der Waals surface area contributed by atoms with Crippen molar-refractivity contribution in [2.75, 3.05) is 5.32 Å². The average Bonchev–Trinajstić information content (AvgIpc) is 3.52. The van der Waals surface area contributed by atoms with Crippen molar-refractivity contribution in [2.24, 2.45) is 0 Å². The van der Waals surface area contributed by atoms with Gasteiger partial charge < -0.3 is 10.4 Å². The highest BCUT2D eigenvalue weighted by Crippen LogP contribution is 2.36. The highest BCUT2D eigenvalue weighted by molar-refractivity contribution is 6.07. The van der Waals surface area contributed by atoms with Gasteiger partial charge in [0.15, 0.2) is 0 Å². The Kier molecular flexibility index (Phi) is 5.82. The van der Waals surface area contributed by atoms with E-state index in [2.05, 4.69) is 20.5 Å². The second-order valence-corrected chi connectivity index (χ2v) is 9.60. The van der Waals surface area contributed by atoms with E-state index in [1.807, 2.05) is 16.9 Å². The van der Waals surface area contributed by atoms with E-state index in [9.17, 15) is 23.1 Å². The zero-order chi connectivity index (χ0) is 25.7. The topological polar surface area (TPSA) is 97.9 Å². The molecule has 0 saturated heterocycles. The summed E-state index contributed by atoms with van der Waals surface area (Å²) in [6.45, 7) is 4.75. The second-order valence-electron chi connectivity index (χ2n) is 9.60. The van der Waals surface area contributed by atoms with E-state index in [1.165, 1.54) is 6.07 Å². The number of hydrogen-bond donors (Lipinski definition) is 2. The Labute approximate surface area is 204 Å². The third-order valence-electron chi connectivity index (χ3n) is 6.19. The van der Waals surface area contributed by atoms with E-state index >= 15 is 0 Å². The monoisotopic (exact) mass is 498 g/mol. The predicted molar refractivity (Wildman–Crippen MR) is 127 cm³/mol. The number of aliphatic hydroxyl groups is 1. The molecule has 0 unspecified atom stereocenters. The maximum atomic E-state index is 13.1. The first kappa shape index (κ1) is 24.0. The van der Waals surface area contributed by atoms with Crippen molar-refractivity contribution in [3.8, 4) is 11.1 Å². The number of aromatic nitrogens is 5. The molecule has 8 nitrogen and oxygen atoms in total. The third kappa shape index (κ3) is 4.83. The number of amides is 1. The molecule has 11 heteroatoms. The largest absolute Gasteiger partial charge is 0.433 e. The molecule has 0 fully saturated rings. The van der Waals surface area contributed by atoms with E-state index in [0.29, 0.717) is 29.7 Å². The molecule has 0 bridgehead atoms. The smallest absolute Gasteiger partial charge is 0.390 e.